The van der Waals surface area contributed by atoms with E-state index in [1.54, 1.807) is 12.1 Å². The van der Waals surface area contributed by atoms with E-state index in [4.69, 9.17) is 4.74 Å². The third-order valence-electron chi connectivity index (χ3n) is 8.02. The molecular formula is C39H31F9O2. The standard InChI is InChI=1S/C39H31F9O2/c1-2-3-4-5-24-6-8-25(9-7-24)18-19-38(45,46)49-30-15-17-32(34(41)23-30)39(47,48)50-29-13-10-26(11-14-29)27-12-16-31(33(40)20-27)28-21-35(42)37(44)36(43)22-28/h6-17,20-23H,2-5,18-19H2,1H3. The van der Waals surface area contributed by atoms with Crippen LogP contribution >= 0.6 is 0 Å². The molecule has 0 unspecified atom stereocenters. The second-order valence-corrected chi connectivity index (χ2v) is 11.7. The van der Waals surface area contributed by atoms with Crippen molar-refractivity contribution in [2.75, 3.05) is 0 Å². The summed E-state index contributed by atoms with van der Waals surface area (Å²) in [5.41, 5.74) is 0.738. The molecule has 50 heavy (non-hydrogen) atoms. The Morgan fingerprint density at radius 2 is 1.10 bits per heavy atom. The highest BCUT2D eigenvalue weighted by molar-refractivity contribution is 5.71. The molecule has 0 aliphatic heterocycles. The molecule has 0 amide bonds. The van der Waals surface area contributed by atoms with Crippen molar-refractivity contribution in [3.8, 4) is 33.8 Å². The molecule has 0 atom stereocenters. The minimum Gasteiger partial charge on any atom is -0.432 e. The number of aryl methyl sites for hydroxylation is 2. The lowest BCUT2D eigenvalue weighted by molar-refractivity contribution is -0.187. The molecule has 0 aliphatic rings. The van der Waals surface area contributed by atoms with Gasteiger partial charge in [-0.15, -0.1) is 0 Å². The lowest BCUT2D eigenvalue weighted by Gasteiger charge is -2.21. The summed E-state index contributed by atoms with van der Waals surface area (Å²) in [7, 11) is 0. The van der Waals surface area contributed by atoms with Crippen molar-refractivity contribution in [3.63, 3.8) is 0 Å². The molecule has 2 nitrogen and oxygen atoms in total. The summed E-state index contributed by atoms with van der Waals surface area (Å²) in [4.78, 5) is 0. The first-order valence-corrected chi connectivity index (χ1v) is 15.8. The molecule has 0 spiro atoms. The molecule has 0 aliphatic carbocycles. The Labute approximate surface area is 283 Å². The van der Waals surface area contributed by atoms with Gasteiger partial charge in [-0.2, -0.15) is 17.6 Å². The van der Waals surface area contributed by atoms with E-state index in [0.29, 0.717) is 35.4 Å². The van der Waals surface area contributed by atoms with Crippen LogP contribution in [-0.2, 0) is 19.0 Å². The van der Waals surface area contributed by atoms with Crippen LogP contribution in [0.25, 0.3) is 22.3 Å². The highest BCUT2D eigenvalue weighted by Crippen LogP contribution is 2.37. The quantitative estimate of drug-likeness (QED) is 0.0652. The Kier molecular flexibility index (Phi) is 11.1. The lowest BCUT2D eigenvalue weighted by atomic mass is 9.99. The van der Waals surface area contributed by atoms with Crippen LogP contribution in [0.5, 0.6) is 11.5 Å². The van der Waals surface area contributed by atoms with Crippen molar-refractivity contribution in [2.45, 2.75) is 57.7 Å². The van der Waals surface area contributed by atoms with Gasteiger partial charge in [-0.05, 0) is 89.5 Å². The smallest absolute Gasteiger partial charge is 0.429 e. The summed E-state index contributed by atoms with van der Waals surface area (Å²) >= 11 is 0. The molecule has 0 aromatic heterocycles. The van der Waals surface area contributed by atoms with Gasteiger partial charge >= 0.3 is 12.2 Å². The van der Waals surface area contributed by atoms with Gasteiger partial charge < -0.3 is 9.47 Å². The van der Waals surface area contributed by atoms with E-state index in [9.17, 15) is 39.5 Å². The Morgan fingerprint density at radius 1 is 0.520 bits per heavy atom. The van der Waals surface area contributed by atoms with Crippen LogP contribution in [-0.4, -0.2) is 6.11 Å². The second kappa shape index (κ2) is 15.3. The lowest BCUT2D eigenvalue weighted by Crippen LogP contribution is -2.26. The van der Waals surface area contributed by atoms with Crippen LogP contribution in [0.4, 0.5) is 39.5 Å². The number of rotatable bonds is 14. The topological polar surface area (TPSA) is 18.5 Å². The van der Waals surface area contributed by atoms with E-state index in [-0.39, 0.29) is 23.1 Å². The average molecular weight is 703 g/mol. The van der Waals surface area contributed by atoms with E-state index in [2.05, 4.69) is 11.7 Å². The van der Waals surface area contributed by atoms with Gasteiger partial charge in [0.1, 0.15) is 28.7 Å². The number of halogens is 9. The highest BCUT2D eigenvalue weighted by atomic mass is 19.3. The van der Waals surface area contributed by atoms with Crippen molar-refractivity contribution in [1.29, 1.82) is 0 Å². The molecule has 0 heterocycles. The van der Waals surface area contributed by atoms with Crippen LogP contribution in [0, 0.1) is 29.1 Å². The molecule has 0 fully saturated rings. The van der Waals surface area contributed by atoms with Crippen LogP contribution in [0.1, 0.15) is 49.3 Å². The summed E-state index contributed by atoms with van der Waals surface area (Å²) in [6.45, 7) is 2.11. The molecule has 0 N–H and O–H groups in total. The Morgan fingerprint density at radius 3 is 1.70 bits per heavy atom. The van der Waals surface area contributed by atoms with Gasteiger partial charge in [0.2, 0.25) is 0 Å². The van der Waals surface area contributed by atoms with Crippen molar-refractivity contribution >= 4 is 0 Å². The maximum Gasteiger partial charge on any atom is 0.429 e. The monoisotopic (exact) mass is 702 g/mol. The normalized spacial score (nSPS) is 11.9. The average Bonchev–Trinajstić information content (AvgIpc) is 3.06. The molecular weight excluding hydrogens is 671 g/mol. The zero-order chi connectivity index (χ0) is 36.1. The van der Waals surface area contributed by atoms with Gasteiger partial charge in [0, 0.05) is 11.6 Å². The Balaban J connectivity index is 1.20. The van der Waals surface area contributed by atoms with E-state index in [1.165, 1.54) is 24.3 Å². The molecule has 0 saturated heterocycles. The van der Waals surface area contributed by atoms with Gasteiger partial charge in [0.25, 0.3) is 0 Å². The third kappa shape index (κ3) is 8.99. The fourth-order valence-electron chi connectivity index (χ4n) is 5.32. The zero-order valence-electron chi connectivity index (χ0n) is 26.7. The van der Waals surface area contributed by atoms with E-state index >= 15 is 0 Å². The maximum absolute atomic E-state index is 15.0. The minimum atomic E-state index is -4.22. The van der Waals surface area contributed by atoms with Crippen LogP contribution in [0.3, 0.4) is 0 Å². The second-order valence-electron chi connectivity index (χ2n) is 11.7. The number of benzene rings is 5. The first kappa shape index (κ1) is 36.4. The van der Waals surface area contributed by atoms with Crippen molar-refractivity contribution in [1.82, 2.24) is 0 Å². The van der Waals surface area contributed by atoms with Crippen LogP contribution in [0.15, 0.2) is 97.1 Å². The first-order chi connectivity index (χ1) is 23.7. The van der Waals surface area contributed by atoms with Crippen LogP contribution < -0.4 is 9.47 Å². The summed E-state index contributed by atoms with van der Waals surface area (Å²) in [6.07, 6.45) is -4.51. The Hall–Kier alpha value is -4.93. The van der Waals surface area contributed by atoms with E-state index < -0.39 is 64.8 Å². The third-order valence-corrected chi connectivity index (χ3v) is 8.02. The molecule has 0 saturated carbocycles. The molecule has 5 aromatic carbocycles. The maximum atomic E-state index is 15.0. The summed E-state index contributed by atoms with van der Waals surface area (Å²) in [5, 5.41) is 0. The predicted octanol–water partition coefficient (Wildman–Crippen LogP) is 12.2. The minimum absolute atomic E-state index is 0.0216. The van der Waals surface area contributed by atoms with Gasteiger partial charge in [0.15, 0.2) is 17.5 Å². The summed E-state index contributed by atoms with van der Waals surface area (Å²) < 4.78 is 139. The number of hydrogen-bond donors (Lipinski definition) is 0. The molecule has 262 valence electrons. The van der Waals surface area contributed by atoms with Gasteiger partial charge in [-0.1, -0.05) is 68.3 Å². The molecule has 5 rings (SSSR count). The fourth-order valence-corrected chi connectivity index (χ4v) is 5.32. The SMILES string of the molecule is CCCCCc1ccc(CCC(F)(F)Oc2ccc(C(F)(F)Oc3ccc(-c4ccc(-c5cc(F)c(F)c(F)c5)c(F)c4)cc3)c(F)c2)cc1. The van der Waals surface area contributed by atoms with E-state index in [0.717, 1.165) is 55.5 Å². The zero-order valence-corrected chi connectivity index (χ0v) is 26.7. The largest absolute Gasteiger partial charge is 0.432 e. The fraction of sp³-hybridized carbons (Fsp3) is 0.231. The van der Waals surface area contributed by atoms with Gasteiger partial charge in [-0.3, -0.25) is 0 Å². The van der Waals surface area contributed by atoms with Crippen molar-refractivity contribution in [2.24, 2.45) is 0 Å². The molecule has 5 aromatic rings. The number of alkyl halides is 4. The number of hydrogen-bond acceptors (Lipinski definition) is 2. The van der Waals surface area contributed by atoms with Crippen molar-refractivity contribution < 1.29 is 49.0 Å². The molecule has 0 bridgehead atoms. The highest BCUT2D eigenvalue weighted by Gasteiger charge is 2.39. The summed E-state index contributed by atoms with van der Waals surface area (Å²) in [6, 6.07) is 19.0. The molecule has 0 radical (unpaired) electrons. The predicted molar refractivity (Wildman–Crippen MR) is 172 cm³/mol. The van der Waals surface area contributed by atoms with Crippen molar-refractivity contribution in [3.05, 3.63) is 143 Å². The summed E-state index contributed by atoms with van der Waals surface area (Å²) in [5.74, 6) is -8.11. The van der Waals surface area contributed by atoms with Gasteiger partial charge in [0.05, 0.1) is 6.42 Å². The first-order valence-electron chi connectivity index (χ1n) is 15.8. The van der Waals surface area contributed by atoms with Gasteiger partial charge in [-0.25, -0.2) is 22.0 Å². The molecule has 11 heteroatoms. The Bertz CT molecular complexity index is 1900. The van der Waals surface area contributed by atoms with Crippen LogP contribution in [0.2, 0.25) is 0 Å². The number of ether oxygens (including phenoxy) is 2. The van der Waals surface area contributed by atoms with E-state index in [1.807, 2.05) is 12.1 Å². The number of unbranched alkanes of at least 4 members (excludes halogenated alkanes) is 2.